The smallest absolute Gasteiger partial charge is 0.432 e. The molecule has 1 fully saturated rings. The van der Waals surface area contributed by atoms with Crippen LogP contribution in [0.5, 0.6) is 0 Å². The molecule has 3 atom stereocenters. The van der Waals surface area contributed by atoms with Gasteiger partial charge in [-0.15, -0.1) is 0 Å². The lowest BCUT2D eigenvalue weighted by Crippen LogP contribution is -2.58. The summed E-state index contributed by atoms with van der Waals surface area (Å²) in [6.07, 6.45) is 1.18. The number of esters is 1. The topological polar surface area (TPSA) is 71.4 Å². The van der Waals surface area contributed by atoms with Crippen LogP contribution in [0, 0.1) is 5.92 Å². The Morgan fingerprint density at radius 3 is 2.33 bits per heavy atom. The van der Waals surface area contributed by atoms with Crippen LogP contribution < -0.4 is 0 Å². The molecule has 0 aromatic heterocycles. The first-order valence-corrected chi connectivity index (χ1v) is 10.8. The summed E-state index contributed by atoms with van der Waals surface area (Å²) in [6, 6.07) is 9.87. The summed E-state index contributed by atoms with van der Waals surface area (Å²) in [5, 5.41) is 6.03. The predicted octanol–water partition coefficient (Wildman–Crippen LogP) is 4.00. The van der Waals surface area contributed by atoms with Crippen molar-refractivity contribution in [1.82, 2.24) is 9.91 Å². The van der Waals surface area contributed by atoms with Gasteiger partial charge in [-0.3, -0.25) is 9.69 Å². The van der Waals surface area contributed by atoms with Gasteiger partial charge in [0.2, 0.25) is 0 Å². The van der Waals surface area contributed by atoms with Crippen molar-refractivity contribution >= 4 is 17.8 Å². The molecule has 1 aromatic carbocycles. The van der Waals surface area contributed by atoms with Crippen molar-refractivity contribution in [3.8, 4) is 0 Å². The first-order valence-electron chi connectivity index (χ1n) is 10.8. The molecule has 3 unspecified atom stereocenters. The molecule has 0 radical (unpaired) electrons. The molecule has 2 aliphatic heterocycles. The minimum absolute atomic E-state index is 0.298. The van der Waals surface area contributed by atoms with Gasteiger partial charge in [-0.05, 0) is 53.0 Å². The summed E-state index contributed by atoms with van der Waals surface area (Å²) in [4.78, 5) is 28.4. The Kier molecular flexibility index (Phi) is 6.81. The van der Waals surface area contributed by atoms with Crippen molar-refractivity contribution in [2.45, 2.75) is 65.1 Å². The molecule has 0 spiro atoms. The molecule has 7 nitrogen and oxygen atoms in total. The molecule has 0 N–H and O–H groups in total. The maximum Gasteiger partial charge on any atom is 0.432 e. The van der Waals surface area contributed by atoms with Crippen LogP contribution >= 0.6 is 0 Å². The van der Waals surface area contributed by atoms with E-state index in [4.69, 9.17) is 9.47 Å². The van der Waals surface area contributed by atoms with Gasteiger partial charge in [-0.25, -0.2) is 4.79 Å². The zero-order chi connectivity index (χ0) is 21.9. The van der Waals surface area contributed by atoms with Crippen molar-refractivity contribution in [3.63, 3.8) is 0 Å². The summed E-state index contributed by atoms with van der Waals surface area (Å²) < 4.78 is 11.1. The predicted molar refractivity (Wildman–Crippen MR) is 115 cm³/mol. The molecule has 30 heavy (non-hydrogen) atoms. The lowest BCUT2D eigenvalue weighted by atomic mass is 9.79. The van der Waals surface area contributed by atoms with E-state index in [1.165, 1.54) is 5.01 Å². The number of benzene rings is 1. The fourth-order valence-electron chi connectivity index (χ4n) is 4.31. The fraction of sp³-hybridized carbons (Fsp3) is 0.609. The highest BCUT2D eigenvalue weighted by Crippen LogP contribution is 2.40. The maximum absolute atomic E-state index is 13.2. The fourth-order valence-corrected chi connectivity index (χ4v) is 4.31. The molecule has 0 saturated carbocycles. The van der Waals surface area contributed by atoms with Crippen LogP contribution in [0.3, 0.4) is 0 Å². The summed E-state index contributed by atoms with van der Waals surface area (Å²) in [5.74, 6) is -1.16. The van der Waals surface area contributed by atoms with Gasteiger partial charge in [0.25, 0.3) is 0 Å². The van der Waals surface area contributed by atoms with E-state index < -0.39 is 23.8 Å². The van der Waals surface area contributed by atoms with Gasteiger partial charge < -0.3 is 9.47 Å². The Morgan fingerprint density at radius 1 is 1.13 bits per heavy atom. The van der Waals surface area contributed by atoms with Crippen molar-refractivity contribution < 1.29 is 19.1 Å². The monoisotopic (exact) mass is 415 g/mol. The highest BCUT2D eigenvalue weighted by molar-refractivity contribution is 6.03. The van der Waals surface area contributed by atoms with Crippen molar-refractivity contribution in [2.24, 2.45) is 11.0 Å². The van der Waals surface area contributed by atoms with Crippen LogP contribution in [0.1, 0.15) is 58.9 Å². The van der Waals surface area contributed by atoms with Gasteiger partial charge in [0.15, 0.2) is 0 Å². The van der Waals surface area contributed by atoms with Gasteiger partial charge in [-0.2, -0.15) is 10.1 Å². The van der Waals surface area contributed by atoms with E-state index >= 15 is 0 Å². The quantitative estimate of drug-likeness (QED) is 0.695. The van der Waals surface area contributed by atoms with E-state index in [1.807, 2.05) is 51.1 Å². The molecule has 1 amide bonds. The molecular formula is C23H33N3O4. The number of nitrogens with zero attached hydrogens (tertiary/aromatic N) is 3. The van der Waals surface area contributed by atoms with Crippen LogP contribution in [0.25, 0.3) is 0 Å². The summed E-state index contributed by atoms with van der Waals surface area (Å²) >= 11 is 0. The van der Waals surface area contributed by atoms with Crippen LogP contribution in [-0.2, 0) is 14.3 Å². The molecule has 7 heteroatoms. The molecule has 0 aliphatic carbocycles. The molecule has 2 heterocycles. The average Bonchev–Trinajstić information content (AvgIpc) is 3.21. The summed E-state index contributed by atoms with van der Waals surface area (Å²) in [7, 11) is 0. The second-order valence-corrected chi connectivity index (χ2v) is 8.89. The van der Waals surface area contributed by atoms with Gasteiger partial charge in [0.1, 0.15) is 17.7 Å². The molecular weight excluding hydrogens is 382 g/mol. The largest absolute Gasteiger partial charge is 0.465 e. The van der Waals surface area contributed by atoms with Crippen molar-refractivity contribution in [1.29, 1.82) is 0 Å². The number of carbonyl (C=O) groups excluding carboxylic acids is 2. The minimum atomic E-state index is -0.643. The average molecular weight is 416 g/mol. The third kappa shape index (κ3) is 4.83. The zero-order valence-electron chi connectivity index (χ0n) is 18.6. The van der Waals surface area contributed by atoms with E-state index in [0.717, 1.165) is 31.5 Å². The lowest BCUT2D eigenvalue weighted by Gasteiger charge is -2.45. The van der Waals surface area contributed by atoms with Crippen molar-refractivity contribution in [2.75, 3.05) is 19.7 Å². The Balaban J connectivity index is 2.11. The molecule has 1 aromatic rings. The summed E-state index contributed by atoms with van der Waals surface area (Å²) in [5.41, 5.74) is 0.898. The van der Waals surface area contributed by atoms with Crippen molar-refractivity contribution in [3.05, 3.63) is 35.9 Å². The van der Waals surface area contributed by atoms with Gasteiger partial charge in [0, 0.05) is 19.0 Å². The van der Waals surface area contributed by atoms with Crippen LogP contribution in [0.15, 0.2) is 35.4 Å². The zero-order valence-corrected chi connectivity index (χ0v) is 18.6. The van der Waals surface area contributed by atoms with Gasteiger partial charge in [-0.1, -0.05) is 30.3 Å². The molecule has 2 aliphatic rings. The Bertz CT molecular complexity index is 781. The Labute approximate surface area is 179 Å². The highest BCUT2D eigenvalue weighted by atomic mass is 16.6. The van der Waals surface area contributed by atoms with Crippen LogP contribution in [-0.4, -0.2) is 59.1 Å². The number of carbonyl (C=O) groups is 2. The second-order valence-electron chi connectivity index (χ2n) is 8.89. The SMILES string of the molecule is CCOC(=O)C1C(C)=NN(C(=O)OC(C)(C)C)C(N2CCCC2)C1c1ccccc1. The number of ether oxygens (including phenoxy) is 2. The summed E-state index contributed by atoms with van der Waals surface area (Å²) in [6.45, 7) is 11.1. The van der Waals surface area contributed by atoms with E-state index in [2.05, 4.69) is 10.0 Å². The normalized spacial score (nSPS) is 25.0. The molecule has 3 rings (SSSR count). The first kappa shape index (κ1) is 22.3. The number of rotatable bonds is 4. The number of hydrazone groups is 1. The van der Waals surface area contributed by atoms with E-state index in [1.54, 1.807) is 13.8 Å². The number of hydrogen-bond donors (Lipinski definition) is 0. The highest BCUT2D eigenvalue weighted by Gasteiger charge is 2.49. The minimum Gasteiger partial charge on any atom is -0.465 e. The van der Waals surface area contributed by atoms with E-state index in [9.17, 15) is 9.59 Å². The molecule has 0 bridgehead atoms. The van der Waals surface area contributed by atoms with Gasteiger partial charge >= 0.3 is 12.1 Å². The Hall–Kier alpha value is -2.41. The number of likely N-dealkylation sites (tertiary alicyclic amines) is 1. The maximum atomic E-state index is 13.2. The van der Waals surface area contributed by atoms with Gasteiger partial charge in [0.05, 0.1) is 12.3 Å². The first-order chi connectivity index (χ1) is 14.2. The van der Waals surface area contributed by atoms with Crippen LogP contribution in [0.4, 0.5) is 4.79 Å². The standard InChI is InChI=1S/C23H33N3O4/c1-6-29-21(27)18-16(2)24-26(22(28)30-23(3,4)5)20(25-14-10-11-15-25)19(18)17-12-8-7-9-13-17/h7-9,12-13,18-20H,6,10-11,14-15H2,1-5H3. The van der Waals surface area contributed by atoms with E-state index in [-0.39, 0.29) is 11.9 Å². The second kappa shape index (κ2) is 9.16. The molecule has 164 valence electrons. The van der Waals surface area contributed by atoms with Crippen LogP contribution in [0.2, 0.25) is 0 Å². The number of amides is 1. The Morgan fingerprint density at radius 2 is 1.77 bits per heavy atom. The molecule has 1 saturated heterocycles. The lowest BCUT2D eigenvalue weighted by molar-refractivity contribution is -0.148. The third-order valence-corrected chi connectivity index (χ3v) is 5.47. The van der Waals surface area contributed by atoms with E-state index in [0.29, 0.717) is 12.3 Å². The third-order valence-electron chi connectivity index (χ3n) is 5.47. The number of hydrogen-bond acceptors (Lipinski definition) is 6.